The molecular formula is C46H88O6. The predicted molar refractivity (Wildman–Crippen MR) is 220 cm³/mol. The summed E-state index contributed by atoms with van der Waals surface area (Å²) >= 11 is 0. The van der Waals surface area contributed by atoms with Gasteiger partial charge in [-0.1, -0.05) is 214 Å². The van der Waals surface area contributed by atoms with Crippen LogP contribution < -0.4 is 0 Å². The van der Waals surface area contributed by atoms with Crippen LogP contribution in [0.2, 0.25) is 0 Å². The van der Waals surface area contributed by atoms with Crippen molar-refractivity contribution in [1.82, 2.24) is 0 Å². The van der Waals surface area contributed by atoms with Crippen molar-refractivity contribution < 1.29 is 28.6 Å². The molecule has 1 unspecified atom stereocenters. The zero-order valence-electron chi connectivity index (χ0n) is 35.3. The lowest BCUT2D eigenvalue weighted by Crippen LogP contribution is -2.30. The van der Waals surface area contributed by atoms with Gasteiger partial charge in [0.25, 0.3) is 0 Å². The second-order valence-electron chi connectivity index (χ2n) is 15.9. The summed E-state index contributed by atoms with van der Waals surface area (Å²) < 4.78 is 16.7. The highest BCUT2D eigenvalue weighted by Gasteiger charge is 2.19. The summed E-state index contributed by atoms with van der Waals surface area (Å²) in [5.74, 6) is 0.0134. The Balaban J connectivity index is 4.31. The molecule has 0 fully saturated rings. The second-order valence-corrected chi connectivity index (χ2v) is 15.9. The van der Waals surface area contributed by atoms with Crippen molar-refractivity contribution in [1.29, 1.82) is 0 Å². The van der Waals surface area contributed by atoms with Gasteiger partial charge in [0, 0.05) is 19.3 Å². The molecule has 0 amide bonds. The largest absolute Gasteiger partial charge is 0.462 e. The standard InChI is InChI=1S/C46H88O6/c1-5-8-10-12-14-16-21-25-29-33-37-44(47)50-40-43(52-46(49)39-35-31-27-22-17-15-13-11-9-6-2)41-51-45(48)38-34-30-26-23-19-18-20-24-28-32-36-42(4)7-3/h42-43H,5-41H2,1-4H3/t42?,43-/m0/s1. The Morgan fingerprint density at radius 1 is 0.385 bits per heavy atom. The van der Waals surface area contributed by atoms with Gasteiger partial charge >= 0.3 is 17.9 Å². The quantitative estimate of drug-likeness (QED) is 0.0353. The van der Waals surface area contributed by atoms with Crippen LogP contribution in [-0.4, -0.2) is 37.2 Å². The molecule has 2 atom stereocenters. The van der Waals surface area contributed by atoms with Crippen LogP contribution in [0.1, 0.15) is 252 Å². The van der Waals surface area contributed by atoms with E-state index in [1.54, 1.807) is 0 Å². The van der Waals surface area contributed by atoms with Gasteiger partial charge < -0.3 is 14.2 Å². The van der Waals surface area contributed by atoms with Gasteiger partial charge in [0.1, 0.15) is 13.2 Å². The molecule has 6 nitrogen and oxygen atoms in total. The van der Waals surface area contributed by atoms with Crippen molar-refractivity contribution in [3.8, 4) is 0 Å². The number of carbonyl (C=O) groups is 3. The third-order valence-corrected chi connectivity index (χ3v) is 10.7. The number of ether oxygens (including phenoxy) is 3. The minimum atomic E-state index is -0.758. The van der Waals surface area contributed by atoms with Crippen LogP contribution >= 0.6 is 0 Å². The Morgan fingerprint density at radius 3 is 1.00 bits per heavy atom. The Bertz CT molecular complexity index is 783. The average Bonchev–Trinajstić information content (AvgIpc) is 3.14. The van der Waals surface area contributed by atoms with Crippen molar-refractivity contribution in [3.63, 3.8) is 0 Å². The summed E-state index contributed by atoms with van der Waals surface area (Å²) in [6.07, 6.45) is 39.3. The van der Waals surface area contributed by atoms with Crippen LogP contribution in [0, 0.1) is 5.92 Å². The van der Waals surface area contributed by atoms with Crippen molar-refractivity contribution in [2.45, 2.75) is 259 Å². The lowest BCUT2D eigenvalue weighted by atomic mass is 9.99. The van der Waals surface area contributed by atoms with Gasteiger partial charge in [0.05, 0.1) is 0 Å². The van der Waals surface area contributed by atoms with E-state index < -0.39 is 6.10 Å². The van der Waals surface area contributed by atoms with Crippen LogP contribution in [0.25, 0.3) is 0 Å². The van der Waals surface area contributed by atoms with E-state index in [9.17, 15) is 14.4 Å². The minimum absolute atomic E-state index is 0.0640. The third-order valence-electron chi connectivity index (χ3n) is 10.7. The molecular weight excluding hydrogens is 648 g/mol. The molecule has 0 N–H and O–H groups in total. The Kier molecular flexibility index (Phi) is 39.4. The molecule has 308 valence electrons. The Labute approximate surface area is 323 Å². The lowest BCUT2D eigenvalue weighted by molar-refractivity contribution is -0.167. The molecule has 0 spiro atoms. The fourth-order valence-electron chi connectivity index (χ4n) is 6.77. The Morgan fingerprint density at radius 2 is 0.673 bits per heavy atom. The van der Waals surface area contributed by atoms with Crippen LogP contribution in [0.3, 0.4) is 0 Å². The maximum atomic E-state index is 12.7. The molecule has 0 heterocycles. The number of unbranched alkanes of at least 4 members (excludes halogenated alkanes) is 27. The van der Waals surface area contributed by atoms with Crippen LogP contribution in [0.4, 0.5) is 0 Å². The molecule has 0 rings (SSSR count). The van der Waals surface area contributed by atoms with E-state index in [0.717, 1.165) is 63.7 Å². The van der Waals surface area contributed by atoms with Crippen LogP contribution in [-0.2, 0) is 28.6 Å². The number of hydrogen-bond acceptors (Lipinski definition) is 6. The summed E-state index contributed by atoms with van der Waals surface area (Å²) in [6, 6.07) is 0. The van der Waals surface area contributed by atoms with Crippen molar-refractivity contribution in [2.24, 2.45) is 5.92 Å². The third kappa shape index (κ3) is 38.1. The summed E-state index contributed by atoms with van der Waals surface area (Å²) in [5.41, 5.74) is 0. The van der Waals surface area contributed by atoms with E-state index in [1.807, 2.05) is 0 Å². The molecule has 0 aromatic rings. The van der Waals surface area contributed by atoms with Gasteiger partial charge in [-0.25, -0.2) is 0 Å². The molecule has 0 radical (unpaired) electrons. The molecule has 0 saturated heterocycles. The first kappa shape index (κ1) is 50.4. The molecule has 0 saturated carbocycles. The molecule has 0 aromatic carbocycles. The first-order valence-electron chi connectivity index (χ1n) is 22.9. The normalized spacial score (nSPS) is 12.5. The van der Waals surface area contributed by atoms with E-state index in [4.69, 9.17) is 14.2 Å². The maximum absolute atomic E-state index is 12.7. The molecule has 0 aliphatic carbocycles. The maximum Gasteiger partial charge on any atom is 0.306 e. The van der Waals surface area contributed by atoms with E-state index in [2.05, 4.69) is 27.7 Å². The van der Waals surface area contributed by atoms with Crippen molar-refractivity contribution in [3.05, 3.63) is 0 Å². The second kappa shape index (κ2) is 40.6. The number of carbonyl (C=O) groups excluding carboxylic acids is 3. The van der Waals surface area contributed by atoms with Gasteiger partial charge in [0.2, 0.25) is 0 Å². The van der Waals surface area contributed by atoms with Gasteiger partial charge in [-0.15, -0.1) is 0 Å². The predicted octanol–water partition coefficient (Wildman–Crippen LogP) is 14.3. The van der Waals surface area contributed by atoms with Crippen molar-refractivity contribution >= 4 is 17.9 Å². The Hall–Kier alpha value is -1.59. The number of esters is 3. The van der Waals surface area contributed by atoms with Gasteiger partial charge in [-0.3, -0.25) is 14.4 Å². The highest BCUT2D eigenvalue weighted by Crippen LogP contribution is 2.17. The molecule has 0 aliphatic heterocycles. The molecule has 0 aliphatic rings. The van der Waals surface area contributed by atoms with E-state index >= 15 is 0 Å². The highest BCUT2D eigenvalue weighted by molar-refractivity contribution is 5.71. The average molecular weight is 737 g/mol. The zero-order chi connectivity index (χ0) is 38.2. The SMILES string of the molecule is CCCCCCCCCCCCC(=O)OC[C@@H](COC(=O)CCCCCCCCCCCCC(C)CC)OC(=O)CCCCCCCCCCCC. The van der Waals surface area contributed by atoms with Gasteiger partial charge in [-0.2, -0.15) is 0 Å². The fraction of sp³-hybridized carbons (Fsp3) is 0.935. The first-order valence-corrected chi connectivity index (χ1v) is 22.9. The van der Waals surface area contributed by atoms with E-state index in [-0.39, 0.29) is 31.1 Å². The first-order chi connectivity index (χ1) is 25.4. The van der Waals surface area contributed by atoms with Gasteiger partial charge in [-0.05, 0) is 25.2 Å². The highest BCUT2D eigenvalue weighted by atomic mass is 16.6. The lowest BCUT2D eigenvalue weighted by Gasteiger charge is -2.18. The summed E-state index contributed by atoms with van der Waals surface area (Å²) in [5, 5.41) is 0. The molecule has 52 heavy (non-hydrogen) atoms. The smallest absolute Gasteiger partial charge is 0.306 e. The minimum Gasteiger partial charge on any atom is -0.462 e. The molecule has 0 bridgehead atoms. The van der Waals surface area contributed by atoms with Gasteiger partial charge in [0.15, 0.2) is 6.10 Å². The number of hydrogen-bond donors (Lipinski definition) is 0. The van der Waals surface area contributed by atoms with E-state index in [0.29, 0.717) is 19.3 Å². The fourth-order valence-corrected chi connectivity index (χ4v) is 6.77. The zero-order valence-corrected chi connectivity index (χ0v) is 35.3. The van der Waals surface area contributed by atoms with E-state index in [1.165, 1.54) is 148 Å². The van der Waals surface area contributed by atoms with Crippen LogP contribution in [0.5, 0.6) is 0 Å². The monoisotopic (exact) mass is 737 g/mol. The summed E-state index contributed by atoms with van der Waals surface area (Å²) in [4.78, 5) is 37.6. The number of rotatable bonds is 41. The van der Waals surface area contributed by atoms with Crippen molar-refractivity contribution in [2.75, 3.05) is 13.2 Å². The molecule has 0 aromatic heterocycles. The molecule has 6 heteroatoms. The summed E-state index contributed by atoms with van der Waals surface area (Å²) in [7, 11) is 0. The summed E-state index contributed by atoms with van der Waals surface area (Å²) in [6.45, 7) is 9.00. The topological polar surface area (TPSA) is 78.9 Å². The van der Waals surface area contributed by atoms with Crippen LogP contribution in [0.15, 0.2) is 0 Å².